The molecule has 5 heteroatoms. The summed E-state index contributed by atoms with van der Waals surface area (Å²) in [6.07, 6.45) is 0.922. The molecule has 0 spiro atoms. The number of rotatable bonds is 6. The molecular weight excluding hydrogens is 290 g/mol. The van der Waals surface area contributed by atoms with Crippen molar-refractivity contribution in [2.75, 3.05) is 7.11 Å². The van der Waals surface area contributed by atoms with Crippen LogP contribution in [0.1, 0.15) is 41.3 Å². The Bertz CT molecular complexity index is 609. The molecule has 1 N–H and O–H groups in total. The SMILES string of the molecule is CCC(NCc1ccc(C(=O)OC)o1)c1cccc(Cl)c1. The smallest absolute Gasteiger partial charge is 0.373 e. The van der Waals surface area contributed by atoms with E-state index in [1.165, 1.54) is 7.11 Å². The quantitative estimate of drug-likeness (QED) is 0.821. The predicted molar refractivity (Wildman–Crippen MR) is 81.4 cm³/mol. The average molecular weight is 308 g/mol. The third-order valence-electron chi connectivity index (χ3n) is 3.23. The minimum absolute atomic E-state index is 0.176. The molecule has 1 atom stereocenters. The number of ether oxygens (including phenoxy) is 1. The minimum atomic E-state index is -0.469. The third kappa shape index (κ3) is 4.09. The highest BCUT2D eigenvalue weighted by Crippen LogP contribution is 2.21. The number of methoxy groups -OCH3 is 1. The van der Waals surface area contributed by atoms with Crippen LogP contribution < -0.4 is 5.32 Å². The third-order valence-corrected chi connectivity index (χ3v) is 3.47. The zero-order chi connectivity index (χ0) is 15.2. The van der Waals surface area contributed by atoms with Crippen molar-refractivity contribution in [3.05, 3.63) is 58.5 Å². The predicted octanol–water partition coefficient (Wildman–Crippen LogP) is 3.96. The van der Waals surface area contributed by atoms with Crippen molar-refractivity contribution in [1.82, 2.24) is 5.32 Å². The fourth-order valence-corrected chi connectivity index (χ4v) is 2.33. The summed E-state index contributed by atoms with van der Waals surface area (Å²) < 4.78 is 10.0. The molecule has 0 radical (unpaired) electrons. The van der Waals surface area contributed by atoms with E-state index in [0.29, 0.717) is 12.3 Å². The largest absolute Gasteiger partial charge is 0.463 e. The average Bonchev–Trinajstić information content (AvgIpc) is 2.96. The highest BCUT2D eigenvalue weighted by Gasteiger charge is 2.13. The molecule has 2 rings (SSSR count). The van der Waals surface area contributed by atoms with E-state index in [0.717, 1.165) is 17.0 Å². The topological polar surface area (TPSA) is 51.5 Å². The van der Waals surface area contributed by atoms with Crippen LogP contribution in [0.4, 0.5) is 0 Å². The van der Waals surface area contributed by atoms with Crippen LogP contribution in [-0.2, 0) is 11.3 Å². The van der Waals surface area contributed by atoms with E-state index in [1.54, 1.807) is 12.1 Å². The summed E-state index contributed by atoms with van der Waals surface area (Å²) >= 11 is 6.02. The number of carbonyl (C=O) groups excluding carboxylic acids is 1. The standard InChI is InChI=1S/C16H18ClNO3/c1-3-14(11-5-4-6-12(17)9-11)18-10-13-7-8-15(21-13)16(19)20-2/h4-9,14,18H,3,10H2,1-2H3. The summed E-state index contributed by atoms with van der Waals surface area (Å²) in [6.45, 7) is 2.63. The van der Waals surface area contributed by atoms with E-state index in [1.807, 2.05) is 24.3 Å². The number of hydrogen-bond acceptors (Lipinski definition) is 4. The van der Waals surface area contributed by atoms with Crippen molar-refractivity contribution < 1.29 is 13.9 Å². The summed E-state index contributed by atoms with van der Waals surface area (Å²) in [7, 11) is 1.33. The number of nitrogens with one attached hydrogen (secondary N) is 1. The van der Waals surface area contributed by atoms with Gasteiger partial charge in [0, 0.05) is 11.1 Å². The van der Waals surface area contributed by atoms with Gasteiger partial charge in [0.2, 0.25) is 5.76 Å². The number of furan rings is 1. The summed E-state index contributed by atoms with van der Waals surface area (Å²) in [5.74, 6) is 0.434. The maximum Gasteiger partial charge on any atom is 0.373 e. The molecule has 0 aliphatic carbocycles. The van der Waals surface area contributed by atoms with Crippen molar-refractivity contribution in [2.24, 2.45) is 0 Å². The Morgan fingerprint density at radius 2 is 2.19 bits per heavy atom. The second-order valence-corrected chi connectivity index (χ2v) is 5.09. The maximum atomic E-state index is 11.3. The molecule has 112 valence electrons. The van der Waals surface area contributed by atoms with Crippen LogP contribution in [0.2, 0.25) is 5.02 Å². The van der Waals surface area contributed by atoms with E-state index in [2.05, 4.69) is 17.0 Å². The molecule has 0 fully saturated rings. The Morgan fingerprint density at radius 3 is 2.86 bits per heavy atom. The van der Waals surface area contributed by atoms with Crippen molar-refractivity contribution in [1.29, 1.82) is 0 Å². The van der Waals surface area contributed by atoms with E-state index in [9.17, 15) is 4.79 Å². The second-order valence-electron chi connectivity index (χ2n) is 4.65. The number of esters is 1. The van der Waals surface area contributed by atoms with Gasteiger partial charge in [0.05, 0.1) is 13.7 Å². The first-order chi connectivity index (χ1) is 10.1. The van der Waals surface area contributed by atoms with E-state index < -0.39 is 5.97 Å². The molecule has 0 aliphatic rings. The van der Waals surface area contributed by atoms with Crippen LogP contribution in [0.3, 0.4) is 0 Å². The van der Waals surface area contributed by atoms with Gasteiger partial charge in [-0.05, 0) is 36.2 Å². The zero-order valence-electron chi connectivity index (χ0n) is 12.1. The van der Waals surface area contributed by atoms with Crippen LogP contribution in [0.5, 0.6) is 0 Å². The Balaban J connectivity index is 2.00. The molecule has 1 aromatic heterocycles. The molecule has 1 unspecified atom stereocenters. The first-order valence-electron chi connectivity index (χ1n) is 6.80. The molecule has 1 heterocycles. The van der Waals surface area contributed by atoms with Crippen LogP contribution in [0, 0.1) is 0 Å². The van der Waals surface area contributed by atoms with Crippen LogP contribution in [-0.4, -0.2) is 13.1 Å². The van der Waals surface area contributed by atoms with Gasteiger partial charge in [0.25, 0.3) is 0 Å². The van der Waals surface area contributed by atoms with Crippen LogP contribution >= 0.6 is 11.6 Å². The van der Waals surface area contributed by atoms with Crippen molar-refractivity contribution >= 4 is 17.6 Å². The van der Waals surface area contributed by atoms with Gasteiger partial charge < -0.3 is 14.5 Å². The molecule has 0 aliphatic heterocycles. The van der Waals surface area contributed by atoms with Crippen LogP contribution in [0.15, 0.2) is 40.8 Å². The van der Waals surface area contributed by atoms with Gasteiger partial charge in [-0.25, -0.2) is 4.79 Å². The molecule has 0 amide bonds. The summed E-state index contributed by atoms with van der Waals surface area (Å²) in [4.78, 5) is 11.3. The Morgan fingerprint density at radius 1 is 1.38 bits per heavy atom. The van der Waals surface area contributed by atoms with E-state index in [-0.39, 0.29) is 11.8 Å². The Labute approximate surface area is 129 Å². The molecule has 0 bridgehead atoms. The fourth-order valence-electron chi connectivity index (χ4n) is 2.13. The molecule has 0 saturated heterocycles. The van der Waals surface area contributed by atoms with E-state index >= 15 is 0 Å². The molecule has 0 saturated carbocycles. The summed E-state index contributed by atoms with van der Waals surface area (Å²) in [5.41, 5.74) is 1.13. The second kappa shape index (κ2) is 7.29. The molecule has 1 aromatic carbocycles. The molecular formula is C16H18ClNO3. The van der Waals surface area contributed by atoms with Gasteiger partial charge in [-0.15, -0.1) is 0 Å². The normalized spacial score (nSPS) is 12.1. The van der Waals surface area contributed by atoms with Gasteiger partial charge in [0.15, 0.2) is 0 Å². The number of carbonyl (C=O) groups is 1. The number of halogens is 1. The number of benzene rings is 1. The zero-order valence-corrected chi connectivity index (χ0v) is 12.8. The van der Waals surface area contributed by atoms with Gasteiger partial charge in [0.1, 0.15) is 5.76 Å². The van der Waals surface area contributed by atoms with Crippen molar-refractivity contribution in [2.45, 2.75) is 25.9 Å². The first-order valence-corrected chi connectivity index (χ1v) is 7.17. The lowest BCUT2D eigenvalue weighted by atomic mass is 10.0. The lowest BCUT2D eigenvalue weighted by Crippen LogP contribution is -2.20. The Kier molecular flexibility index (Phi) is 5.42. The minimum Gasteiger partial charge on any atom is -0.463 e. The molecule has 2 aromatic rings. The highest BCUT2D eigenvalue weighted by molar-refractivity contribution is 6.30. The van der Waals surface area contributed by atoms with Crippen LogP contribution in [0.25, 0.3) is 0 Å². The van der Waals surface area contributed by atoms with Gasteiger partial charge >= 0.3 is 5.97 Å². The fraction of sp³-hybridized carbons (Fsp3) is 0.312. The van der Waals surface area contributed by atoms with Crippen molar-refractivity contribution in [3.63, 3.8) is 0 Å². The summed E-state index contributed by atoms with van der Waals surface area (Å²) in [5, 5.41) is 4.12. The monoisotopic (exact) mass is 307 g/mol. The number of hydrogen-bond donors (Lipinski definition) is 1. The van der Waals surface area contributed by atoms with Gasteiger partial charge in [-0.1, -0.05) is 30.7 Å². The maximum absolute atomic E-state index is 11.3. The summed E-state index contributed by atoms with van der Waals surface area (Å²) in [6, 6.07) is 11.3. The van der Waals surface area contributed by atoms with E-state index in [4.69, 9.17) is 16.0 Å². The van der Waals surface area contributed by atoms with Gasteiger partial charge in [-0.2, -0.15) is 0 Å². The molecule has 21 heavy (non-hydrogen) atoms. The van der Waals surface area contributed by atoms with Crippen molar-refractivity contribution in [3.8, 4) is 0 Å². The Hall–Kier alpha value is -1.78. The lowest BCUT2D eigenvalue weighted by Gasteiger charge is -2.16. The first kappa shape index (κ1) is 15.6. The highest BCUT2D eigenvalue weighted by atomic mass is 35.5. The molecule has 4 nitrogen and oxygen atoms in total. The van der Waals surface area contributed by atoms with Gasteiger partial charge in [-0.3, -0.25) is 0 Å². The lowest BCUT2D eigenvalue weighted by molar-refractivity contribution is 0.0562.